The van der Waals surface area contributed by atoms with Gasteiger partial charge >= 0.3 is 6.61 Å². The van der Waals surface area contributed by atoms with Crippen molar-refractivity contribution >= 4 is 27.1 Å². The minimum atomic E-state index is -4.04. The van der Waals surface area contributed by atoms with Crippen LogP contribution in [0.2, 0.25) is 0 Å². The van der Waals surface area contributed by atoms with Crippen molar-refractivity contribution in [3.8, 4) is 17.0 Å². The molecular weight excluding hydrogens is 498 g/mol. The lowest BCUT2D eigenvalue weighted by molar-refractivity contribution is -0.0494. The summed E-state index contributed by atoms with van der Waals surface area (Å²) in [6.45, 7) is -0.534. The van der Waals surface area contributed by atoms with Gasteiger partial charge in [0.05, 0.1) is 28.1 Å². The van der Waals surface area contributed by atoms with Gasteiger partial charge in [0.2, 0.25) is 0 Å². The van der Waals surface area contributed by atoms with Crippen LogP contribution >= 0.6 is 0 Å². The highest BCUT2D eigenvalue weighted by molar-refractivity contribution is 7.92. The van der Waals surface area contributed by atoms with Crippen molar-refractivity contribution in [2.75, 3.05) is 5.32 Å². The fourth-order valence-electron chi connectivity index (χ4n) is 3.50. The molecule has 190 valence electrons. The lowest BCUT2D eigenvalue weighted by Gasteiger charge is -2.17. The first-order valence-corrected chi connectivity index (χ1v) is 12.2. The van der Waals surface area contributed by atoms with Crippen LogP contribution in [0.3, 0.4) is 0 Å². The van der Waals surface area contributed by atoms with Gasteiger partial charge in [-0.25, -0.2) is 17.9 Å². The van der Waals surface area contributed by atoms with Crippen molar-refractivity contribution in [2.24, 2.45) is 7.05 Å². The molecule has 0 radical (unpaired) electrons. The lowest BCUT2D eigenvalue weighted by atomic mass is 10.1. The molecule has 1 aromatic carbocycles. The lowest BCUT2D eigenvalue weighted by Crippen LogP contribution is -2.29. The Bertz CT molecular complexity index is 1530. The number of halogens is 2. The van der Waals surface area contributed by atoms with Crippen LogP contribution in [0.25, 0.3) is 16.9 Å². The number of hydrogen-bond acceptors (Lipinski definition) is 8. The summed E-state index contributed by atoms with van der Waals surface area (Å²) < 4.78 is 59.6. The number of hydrogen-bond donors (Lipinski definition) is 2. The number of carbonyl (C=O) groups excluding carboxylic acids is 1. The highest BCUT2D eigenvalue weighted by Crippen LogP contribution is 2.37. The molecule has 14 heteroatoms. The van der Waals surface area contributed by atoms with E-state index in [4.69, 9.17) is 0 Å². The maximum atomic E-state index is 13.1. The highest BCUT2D eigenvalue weighted by Gasteiger charge is 2.29. The van der Waals surface area contributed by atoms with E-state index in [0.29, 0.717) is 5.65 Å². The summed E-state index contributed by atoms with van der Waals surface area (Å²) in [4.78, 5) is 16.9. The average molecular weight is 521 g/mol. The van der Waals surface area contributed by atoms with E-state index in [-0.39, 0.29) is 33.2 Å². The maximum absolute atomic E-state index is 13.1. The van der Waals surface area contributed by atoms with Crippen LogP contribution in [0.1, 0.15) is 24.2 Å². The molecular formula is C22H22F2N6O5S. The van der Waals surface area contributed by atoms with Crippen molar-refractivity contribution in [3.63, 3.8) is 0 Å². The van der Waals surface area contributed by atoms with Gasteiger partial charge in [-0.1, -0.05) is 0 Å². The van der Waals surface area contributed by atoms with Gasteiger partial charge in [-0.2, -0.15) is 19.0 Å². The van der Waals surface area contributed by atoms with Crippen molar-refractivity contribution in [2.45, 2.75) is 36.7 Å². The zero-order chi connectivity index (χ0) is 26.2. The number of aryl methyl sites for hydroxylation is 1. The molecule has 3 aromatic heterocycles. The van der Waals surface area contributed by atoms with Crippen molar-refractivity contribution < 1.29 is 31.8 Å². The summed E-state index contributed by atoms with van der Waals surface area (Å²) in [6.07, 6.45) is 4.68. The van der Waals surface area contributed by atoms with Crippen LogP contribution in [0.15, 0.2) is 53.9 Å². The number of benzene rings is 1. The van der Waals surface area contributed by atoms with Gasteiger partial charge < -0.3 is 15.2 Å². The number of alkyl halides is 2. The van der Waals surface area contributed by atoms with Crippen LogP contribution in [0.5, 0.6) is 5.75 Å². The number of carbonyl (C=O) groups is 1. The predicted octanol–water partition coefficient (Wildman–Crippen LogP) is 2.53. The van der Waals surface area contributed by atoms with Crippen LogP contribution in [-0.4, -0.2) is 61.8 Å². The maximum Gasteiger partial charge on any atom is 0.387 e. The number of nitrogens with one attached hydrogen (secondary N) is 1. The standard InChI is InChI=1S/C22H22F2N6O5S/c1-12(31)13(2)36(33,34)14-5-6-18(35-22(23)24)15(9-14)19-17(11-29(3)28-19)27-21(32)16-10-26-30-8-4-7-25-20(16)30/h4-13,22,31H,1-3H3,(H,27,32). The van der Waals surface area contributed by atoms with Gasteiger partial charge in [-0.3, -0.25) is 9.48 Å². The van der Waals surface area contributed by atoms with E-state index in [9.17, 15) is 27.1 Å². The summed E-state index contributed by atoms with van der Waals surface area (Å²) in [5, 5.41) is 19.6. The second-order valence-electron chi connectivity index (χ2n) is 7.99. The molecule has 4 rings (SSSR count). The van der Waals surface area contributed by atoms with E-state index in [0.717, 1.165) is 18.2 Å². The first-order chi connectivity index (χ1) is 17.0. The van der Waals surface area contributed by atoms with Crippen LogP contribution < -0.4 is 10.1 Å². The summed E-state index contributed by atoms with van der Waals surface area (Å²) in [6, 6.07) is 4.96. The number of ether oxygens (including phenoxy) is 1. The predicted molar refractivity (Wildman–Crippen MR) is 125 cm³/mol. The van der Waals surface area contributed by atoms with Gasteiger partial charge in [0.1, 0.15) is 17.0 Å². The van der Waals surface area contributed by atoms with E-state index in [2.05, 4.69) is 25.2 Å². The van der Waals surface area contributed by atoms with E-state index < -0.39 is 33.7 Å². The molecule has 1 amide bonds. The monoisotopic (exact) mass is 520 g/mol. The third-order valence-corrected chi connectivity index (χ3v) is 7.80. The SMILES string of the molecule is CC(O)C(C)S(=O)(=O)c1ccc(OC(F)F)c(-c2nn(C)cc2NC(=O)c2cnn3cccnc23)c1. The second-order valence-corrected chi connectivity index (χ2v) is 10.3. The zero-order valence-corrected chi connectivity index (χ0v) is 20.1. The molecule has 0 aliphatic carbocycles. The highest BCUT2D eigenvalue weighted by atomic mass is 32.2. The summed E-state index contributed by atoms with van der Waals surface area (Å²) in [5.41, 5.74) is 0.449. The van der Waals surface area contributed by atoms with Gasteiger partial charge in [-0.15, -0.1) is 0 Å². The molecule has 36 heavy (non-hydrogen) atoms. The zero-order valence-electron chi connectivity index (χ0n) is 19.3. The number of aliphatic hydroxyl groups excluding tert-OH is 1. The molecule has 0 fully saturated rings. The molecule has 2 atom stereocenters. The third kappa shape index (κ3) is 4.77. The van der Waals surface area contributed by atoms with Gasteiger partial charge in [0.15, 0.2) is 15.5 Å². The first kappa shape index (κ1) is 25.2. The molecule has 2 unspecified atom stereocenters. The molecule has 4 aromatic rings. The minimum absolute atomic E-state index is 0.00677. The van der Waals surface area contributed by atoms with E-state index in [1.54, 1.807) is 19.3 Å². The largest absolute Gasteiger partial charge is 0.434 e. The number of nitrogens with zero attached hydrogens (tertiary/aromatic N) is 5. The first-order valence-electron chi connectivity index (χ1n) is 10.6. The number of aliphatic hydroxyl groups is 1. The van der Waals surface area contributed by atoms with E-state index in [1.807, 2.05) is 0 Å². The molecule has 0 aliphatic rings. The van der Waals surface area contributed by atoms with Crippen molar-refractivity contribution in [1.29, 1.82) is 0 Å². The Morgan fingerprint density at radius 2 is 2.00 bits per heavy atom. The number of aromatic nitrogens is 5. The normalized spacial score (nSPS) is 13.6. The summed E-state index contributed by atoms with van der Waals surface area (Å²) in [7, 11) is -2.50. The van der Waals surface area contributed by atoms with Crippen molar-refractivity contribution in [3.05, 3.63) is 54.6 Å². The Hall–Kier alpha value is -3.91. The van der Waals surface area contributed by atoms with E-state index in [1.165, 1.54) is 41.6 Å². The van der Waals surface area contributed by atoms with Gasteiger partial charge in [0, 0.05) is 31.2 Å². The fraction of sp³-hybridized carbons (Fsp3) is 0.273. The molecule has 0 bridgehead atoms. The summed E-state index contributed by atoms with van der Waals surface area (Å²) >= 11 is 0. The number of fused-ring (bicyclic) bond motifs is 1. The Labute approximate surface area is 204 Å². The molecule has 3 heterocycles. The van der Waals surface area contributed by atoms with Gasteiger partial charge in [-0.05, 0) is 38.1 Å². The Kier molecular flexibility index (Phi) is 6.73. The van der Waals surface area contributed by atoms with Crippen molar-refractivity contribution in [1.82, 2.24) is 24.4 Å². The third-order valence-electron chi connectivity index (χ3n) is 5.52. The van der Waals surface area contributed by atoms with E-state index >= 15 is 0 Å². The topological polar surface area (TPSA) is 141 Å². The number of rotatable bonds is 8. The average Bonchev–Trinajstić information content (AvgIpc) is 3.41. The van der Waals surface area contributed by atoms with Gasteiger partial charge in [0.25, 0.3) is 5.91 Å². The molecule has 0 saturated heterocycles. The molecule has 0 saturated carbocycles. The number of sulfone groups is 1. The smallest absolute Gasteiger partial charge is 0.387 e. The Morgan fingerprint density at radius 3 is 2.69 bits per heavy atom. The van der Waals surface area contributed by atoms with Crippen LogP contribution in [0.4, 0.5) is 14.5 Å². The molecule has 11 nitrogen and oxygen atoms in total. The minimum Gasteiger partial charge on any atom is -0.434 e. The second kappa shape index (κ2) is 9.62. The quantitative estimate of drug-likeness (QED) is 0.361. The Balaban J connectivity index is 1.80. The van der Waals surface area contributed by atoms with Crippen LogP contribution in [0, 0.1) is 0 Å². The molecule has 2 N–H and O–H groups in total. The van der Waals surface area contributed by atoms with Crippen LogP contribution in [-0.2, 0) is 16.9 Å². The molecule has 0 spiro atoms. The molecule has 0 aliphatic heterocycles. The Morgan fingerprint density at radius 1 is 1.25 bits per heavy atom. The number of anilines is 1. The number of amides is 1. The fourth-order valence-corrected chi connectivity index (χ4v) is 4.99. The summed E-state index contributed by atoms with van der Waals surface area (Å²) in [5.74, 6) is -0.943.